The summed E-state index contributed by atoms with van der Waals surface area (Å²) in [7, 11) is -3.89. The zero-order valence-electron chi connectivity index (χ0n) is 22.7. The van der Waals surface area contributed by atoms with E-state index in [1.807, 2.05) is 0 Å². The van der Waals surface area contributed by atoms with Gasteiger partial charge in [0.15, 0.2) is 0 Å². The first-order valence-electron chi connectivity index (χ1n) is 13.7. The molecule has 41 heavy (non-hydrogen) atoms. The van der Waals surface area contributed by atoms with Crippen LogP contribution in [-0.2, 0) is 19.6 Å². The number of rotatable bonds is 7. The minimum absolute atomic E-state index is 0.0257. The highest BCUT2D eigenvalue weighted by Crippen LogP contribution is 2.37. The molecule has 216 valence electrons. The van der Waals surface area contributed by atoms with E-state index < -0.39 is 39.7 Å². The molecular formula is C30H32ClFN4O4S. The van der Waals surface area contributed by atoms with Gasteiger partial charge in [-0.05, 0) is 68.1 Å². The fourth-order valence-corrected chi connectivity index (χ4v) is 7.57. The summed E-state index contributed by atoms with van der Waals surface area (Å²) in [4.78, 5) is 34.1. The van der Waals surface area contributed by atoms with Crippen molar-refractivity contribution in [2.75, 3.05) is 15.0 Å². The van der Waals surface area contributed by atoms with Gasteiger partial charge in [0.1, 0.15) is 23.7 Å². The highest BCUT2D eigenvalue weighted by Gasteiger charge is 2.47. The monoisotopic (exact) mass is 598 g/mol. The SMILES string of the molecule is Cc1ccnc(N2[C@H](C(=O)N(c3cccc(F)c3)[C@@H](C(=O)NC3CCCCC3)c3ccccc3Cl)CCS2(=O)=O)c1. The van der Waals surface area contributed by atoms with E-state index in [0.29, 0.717) is 5.56 Å². The fraction of sp³-hybridized carbons (Fsp3) is 0.367. The second-order valence-electron chi connectivity index (χ2n) is 10.6. The van der Waals surface area contributed by atoms with Crippen LogP contribution in [0.5, 0.6) is 0 Å². The Kier molecular flexibility index (Phi) is 8.60. The van der Waals surface area contributed by atoms with E-state index in [9.17, 15) is 22.4 Å². The van der Waals surface area contributed by atoms with Crippen LogP contribution < -0.4 is 14.5 Å². The number of hydrogen-bond donors (Lipinski definition) is 1. The summed E-state index contributed by atoms with van der Waals surface area (Å²) in [5.41, 5.74) is 1.23. The molecule has 1 aromatic heterocycles. The Morgan fingerprint density at radius 2 is 1.80 bits per heavy atom. The van der Waals surface area contributed by atoms with E-state index in [1.165, 1.54) is 29.3 Å². The molecule has 1 N–H and O–H groups in total. The van der Waals surface area contributed by atoms with E-state index in [0.717, 1.165) is 48.0 Å². The van der Waals surface area contributed by atoms with Gasteiger partial charge < -0.3 is 5.32 Å². The van der Waals surface area contributed by atoms with Crippen LogP contribution in [0.15, 0.2) is 66.9 Å². The third-order valence-corrected chi connectivity index (χ3v) is 9.76. The lowest BCUT2D eigenvalue weighted by Crippen LogP contribution is -2.53. The van der Waals surface area contributed by atoms with Gasteiger partial charge in [-0.3, -0.25) is 14.5 Å². The van der Waals surface area contributed by atoms with Crippen molar-refractivity contribution in [3.05, 3.63) is 88.8 Å². The Morgan fingerprint density at radius 1 is 1.05 bits per heavy atom. The number of nitrogens with one attached hydrogen (secondary N) is 1. The quantitative estimate of drug-likeness (QED) is 0.397. The van der Waals surface area contributed by atoms with E-state index in [-0.39, 0.29) is 34.7 Å². The summed E-state index contributed by atoms with van der Waals surface area (Å²) in [5, 5.41) is 3.34. The average molecular weight is 599 g/mol. The summed E-state index contributed by atoms with van der Waals surface area (Å²) in [6, 6.07) is 12.8. The Bertz CT molecular complexity index is 1550. The lowest BCUT2D eigenvalue weighted by molar-refractivity contribution is -0.127. The zero-order chi connectivity index (χ0) is 29.1. The zero-order valence-corrected chi connectivity index (χ0v) is 24.2. The number of aromatic nitrogens is 1. The Hall–Kier alpha value is -3.50. The molecule has 0 unspecified atom stereocenters. The highest BCUT2D eigenvalue weighted by molar-refractivity contribution is 7.93. The molecule has 2 fully saturated rings. The van der Waals surface area contributed by atoms with Crippen molar-refractivity contribution < 1.29 is 22.4 Å². The number of carbonyl (C=O) groups excluding carboxylic acids is 2. The Morgan fingerprint density at radius 3 is 2.51 bits per heavy atom. The van der Waals surface area contributed by atoms with E-state index in [4.69, 9.17) is 11.6 Å². The predicted octanol–water partition coefficient (Wildman–Crippen LogP) is 5.31. The first-order valence-corrected chi connectivity index (χ1v) is 15.7. The second-order valence-corrected chi connectivity index (χ2v) is 12.9. The van der Waals surface area contributed by atoms with Crippen molar-refractivity contribution in [2.24, 2.45) is 0 Å². The van der Waals surface area contributed by atoms with Gasteiger partial charge >= 0.3 is 0 Å². The molecule has 0 radical (unpaired) electrons. The topological polar surface area (TPSA) is 99.7 Å². The molecule has 1 saturated carbocycles. The molecule has 2 heterocycles. The molecule has 8 nitrogen and oxygen atoms in total. The molecule has 0 bridgehead atoms. The molecule has 2 amide bonds. The lowest BCUT2D eigenvalue weighted by atomic mass is 9.94. The van der Waals surface area contributed by atoms with Crippen molar-refractivity contribution in [2.45, 2.75) is 63.6 Å². The Balaban J connectivity index is 1.64. The van der Waals surface area contributed by atoms with Crippen LogP contribution >= 0.6 is 11.6 Å². The summed E-state index contributed by atoms with van der Waals surface area (Å²) < 4.78 is 42.1. The average Bonchev–Trinajstić information content (AvgIpc) is 3.27. The van der Waals surface area contributed by atoms with Crippen molar-refractivity contribution in [3.8, 4) is 0 Å². The number of carbonyl (C=O) groups is 2. The molecule has 1 aliphatic carbocycles. The largest absolute Gasteiger partial charge is 0.351 e. The van der Waals surface area contributed by atoms with Gasteiger partial charge in [0.2, 0.25) is 15.9 Å². The van der Waals surface area contributed by atoms with Gasteiger partial charge in [0.05, 0.1) is 5.75 Å². The molecule has 2 atom stereocenters. The predicted molar refractivity (Wildman–Crippen MR) is 157 cm³/mol. The molecule has 2 aromatic carbocycles. The number of halogens is 2. The standard InChI is InChI=1S/C30H32ClFN4O4S/c1-20-14-16-33-27(18-20)36-26(15-17-41(36,39)40)30(38)35(23-11-7-8-21(32)19-23)28(24-12-5-6-13-25(24)31)29(37)34-22-9-3-2-4-10-22/h5-8,11-14,16,18-19,22,26,28H,2-4,9-10,15,17H2,1H3,(H,34,37)/t26-,28+/m0/s1. The van der Waals surface area contributed by atoms with Crippen LogP contribution in [0.25, 0.3) is 0 Å². The molecule has 3 aromatic rings. The number of aryl methyl sites for hydroxylation is 1. The summed E-state index contributed by atoms with van der Waals surface area (Å²) in [6.45, 7) is 1.80. The van der Waals surface area contributed by atoms with Crippen LogP contribution in [0.4, 0.5) is 15.9 Å². The molecule has 2 aliphatic rings. The summed E-state index contributed by atoms with van der Waals surface area (Å²) >= 11 is 6.61. The Labute approximate surface area is 244 Å². The third-order valence-electron chi connectivity index (χ3n) is 7.63. The van der Waals surface area contributed by atoms with Crippen LogP contribution in [0.2, 0.25) is 5.02 Å². The van der Waals surface area contributed by atoms with E-state index in [2.05, 4.69) is 10.3 Å². The van der Waals surface area contributed by atoms with Crippen LogP contribution in [0.3, 0.4) is 0 Å². The van der Waals surface area contributed by atoms with Gasteiger partial charge in [-0.2, -0.15) is 0 Å². The first-order chi connectivity index (χ1) is 19.7. The maximum atomic E-state index is 14.6. The van der Waals surface area contributed by atoms with Crippen molar-refractivity contribution in [1.82, 2.24) is 10.3 Å². The molecular weight excluding hydrogens is 567 g/mol. The molecule has 11 heteroatoms. The molecule has 0 spiro atoms. The minimum atomic E-state index is -3.89. The molecule has 1 saturated heterocycles. The van der Waals surface area contributed by atoms with Crippen molar-refractivity contribution in [1.29, 1.82) is 0 Å². The number of benzene rings is 2. The van der Waals surface area contributed by atoms with Crippen LogP contribution in [-0.4, -0.2) is 43.1 Å². The van der Waals surface area contributed by atoms with Crippen LogP contribution in [0.1, 0.15) is 55.7 Å². The number of nitrogens with zero attached hydrogens (tertiary/aromatic N) is 3. The van der Waals surface area contributed by atoms with Crippen molar-refractivity contribution >= 4 is 44.9 Å². The van der Waals surface area contributed by atoms with Gasteiger partial charge in [-0.25, -0.2) is 22.1 Å². The van der Waals surface area contributed by atoms with E-state index in [1.54, 1.807) is 43.3 Å². The fourth-order valence-electron chi connectivity index (χ4n) is 5.65. The number of anilines is 2. The highest BCUT2D eigenvalue weighted by atomic mass is 35.5. The summed E-state index contributed by atoms with van der Waals surface area (Å²) in [5.74, 6) is -1.92. The molecule has 1 aliphatic heterocycles. The second kappa shape index (κ2) is 12.2. The van der Waals surface area contributed by atoms with E-state index >= 15 is 0 Å². The summed E-state index contributed by atoms with van der Waals surface area (Å²) in [6.07, 6.45) is 6.12. The number of amides is 2. The maximum Gasteiger partial charge on any atom is 0.252 e. The number of hydrogen-bond acceptors (Lipinski definition) is 5. The van der Waals surface area contributed by atoms with Crippen LogP contribution in [0, 0.1) is 12.7 Å². The number of pyridine rings is 1. The normalized spacial score (nSPS) is 19.5. The van der Waals surface area contributed by atoms with Gasteiger partial charge in [0, 0.05) is 28.5 Å². The van der Waals surface area contributed by atoms with Gasteiger partial charge in [0.25, 0.3) is 5.91 Å². The molecule has 5 rings (SSSR count). The van der Waals surface area contributed by atoms with Gasteiger partial charge in [-0.15, -0.1) is 0 Å². The third kappa shape index (κ3) is 6.23. The smallest absolute Gasteiger partial charge is 0.252 e. The first kappa shape index (κ1) is 29.0. The minimum Gasteiger partial charge on any atom is -0.351 e. The van der Waals surface area contributed by atoms with Crippen molar-refractivity contribution in [3.63, 3.8) is 0 Å². The number of sulfonamides is 1. The van der Waals surface area contributed by atoms with Gasteiger partial charge in [-0.1, -0.05) is 55.1 Å². The lowest BCUT2D eigenvalue weighted by Gasteiger charge is -2.36. The maximum absolute atomic E-state index is 14.6.